The summed E-state index contributed by atoms with van der Waals surface area (Å²) in [6.07, 6.45) is 1.44. The van der Waals surface area contributed by atoms with E-state index in [4.69, 9.17) is 4.55 Å². The molecule has 0 aliphatic rings. The fourth-order valence-corrected chi connectivity index (χ4v) is 3.74. The van der Waals surface area contributed by atoms with Crippen LogP contribution < -0.4 is 8.91 Å². The van der Waals surface area contributed by atoms with Crippen LogP contribution in [0.5, 0.6) is 5.75 Å². The SMILES string of the molecule is O=C(O)c1cc(N=Nc2ccc(S(=O)(=O)Nc3ccccn3)cc2)ccc1OS(=O)(=O)O. The van der Waals surface area contributed by atoms with Gasteiger partial charge in [-0.05, 0) is 54.6 Å². The lowest BCUT2D eigenvalue weighted by atomic mass is 10.2. The number of hydrogen-bond donors (Lipinski definition) is 3. The average molecular weight is 478 g/mol. The number of pyridine rings is 1. The third kappa shape index (κ3) is 6.07. The zero-order valence-corrected chi connectivity index (χ0v) is 17.5. The second-order valence-electron chi connectivity index (χ2n) is 6.01. The molecule has 166 valence electrons. The molecule has 1 aromatic heterocycles. The summed E-state index contributed by atoms with van der Waals surface area (Å²) in [7, 11) is -8.78. The smallest absolute Gasteiger partial charge is 0.446 e. The van der Waals surface area contributed by atoms with E-state index >= 15 is 0 Å². The largest absolute Gasteiger partial charge is 0.478 e. The quantitative estimate of drug-likeness (QED) is 0.323. The van der Waals surface area contributed by atoms with Crippen molar-refractivity contribution in [2.24, 2.45) is 10.2 Å². The lowest BCUT2D eigenvalue weighted by Gasteiger charge is -2.07. The van der Waals surface area contributed by atoms with Gasteiger partial charge in [-0.3, -0.25) is 9.27 Å². The molecule has 0 atom stereocenters. The van der Waals surface area contributed by atoms with Gasteiger partial charge in [-0.1, -0.05) is 6.07 Å². The van der Waals surface area contributed by atoms with Crippen LogP contribution in [-0.4, -0.2) is 37.4 Å². The van der Waals surface area contributed by atoms with Crippen molar-refractivity contribution in [3.8, 4) is 5.75 Å². The summed E-state index contributed by atoms with van der Waals surface area (Å²) >= 11 is 0. The number of rotatable bonds is 8. The van der Waals surface area contributed by atoms with E-state index in [1.54, 1.807) is 12.1 Å². The highest BCUT2D eigenvalue weighted by atomic mass is 32.3. The van der Waals surface area contributed by atoms with Crippen molar-refractivity contribution in [2.45, 2.75) is 4.90 Å². The molecule has 3 rings (SSSR count). The highest BCUT2D eigenvalue weighted by Crippen LogP contribution is 2.27. The average Bonchev–Trinajstić information content (AvgIpc) is 2.72. The molecule has 2 aromatic carbocycles. The van der Waals surface area contributed by atoms with Crippen LogP contribution in [-0.2, 0) is 20.4 Å². The second-order valence-corrected chi connectivity index (χ2v) is 8.72. The molecule has 0 saturated heterocycles. The lowest BCUT2D eigenvalue weighted by Crippen LogP contribution is -2.13. The van der Waals surface area contributed by atoms with Crippen LogP contribution in [0.3, 0.4) is 0 Å². The molecule has 0 fully saturated rings. The molecule has 0 bridgehead atoms. The zero-order valence-electron chi connectivity index (χ0n) is 15.9. The summed E-state index contributed by atoms with van der Waals surface area (Å²) in [6, 6.07) is 13.3. The van der Waals surface area contributed by atoms with Crippen LogP contribution in [0, 0.1) is 0 Å². The van der Waals surface area contributed by atoms with Crippen molar-refractivity contribution in [3.05, 3.63) is 72.4 Å². The third-order valence-electron chi connectivity index (χ3n) is 3.72. The Hall–Kier alpha value is -3.88. The molecule has 14 heteroatoms. The molecule has 0 aliphatic heterocycles. The maximum absolute atomic E-state index is 12.4. The molecular formula is C18H14N4O8S2. The number of benzene rings is 2. The first kappa shape index (κ1) is 22.8. The van der Waals surface area contributed by atoms with Crippen molar-refractivity contribution >= 4 is 43.6 Å². The van der Waals surface area contributed by atoms with Gasteiger partial charge in [-0.15, -0.1) is 0 Å². The Kier molecular flexibility index (Phi) is 6.47. The summed E-state index contributed by atoms with van der Waals surface area (Å²) < 4.78 is 61.7. The normalized spacial score (nSPS) is 11.9. The molecule has 12 nitrogen and oxygen atoms in total. The minimum absolute atomic E-state index is 0.0398. The molecule has 32 heavy (non-hydrogen) atoms. The van der Waals surface area contributed by atoms with Crippen LogP contribution >= 0.6 is 0 Å². The van der Waals surface area contributed by atoms with Crippen LogP contribution in [0.4, 0.5) is 17.2 Å². The van der Waals surface area contributed by atoms with E-state index in [2.05, 4.69) is 24.1 Å². The molecule has 1 heterocycles. The molecule has 0 amide bonds. The number of carboxylic acids is 1. The van der Waals surface area contributed by atoms with Crippen LogP contribution in [0.1, 0.15) is 10.4 Å². The molecule has 0 saturated carbocycles. The fourth-order valence-electron chi connectivity index (χ4n) is 2.36. The lowest BCUT2D eigenvalue weighted by molar-refractivity contribution is 0.0695. The van der Waals surface area contributed by atoms with Gasteiger partial charge >= 0.3 is 16.4 Å². The summed E-state index contributed by atoms with van der Waals surface area (Å²) in [6.45, 7) is 0. The van der Waals surface area contributed by atoms with Gasteiger partial charge in [0.25, 0.3) is 10.0 Å². The van der Waals surface area contributed by atoms with E-state index in [0.29, 0.717) is 0 Å². The van der Waals surface area contributed by atoms with Crippen molar-refractivity contribution in [3.63, 3.8) is 0 Å². The van der Waals surface area contributed by atoms with Gasteiger partial charge in [0.05, 0.1) is 16.3 Å². The summed E-state index contributed by atoms with van der Waals surface area (Å²) in [5, 5.41) is 16.9. The van der Waals surface area contributed by atoms with Crippen LogP contribution in [0.15, 0.2) is 82.0 Å². The summed E-state index contributed by atoms with van der Waals surface area (Å²) in [5.74, 6) is -1.96. The first-order valence-corrected chi connectivity index (χ1v) is 11.4. The number of nitrogens with zero attached hydrogens (tertiary/aromatic N) is 3. The Morgan fingerprint density at radius 2 is 1.59 bits per heavy atom. The van der Waals surface area contributed by atoms with E-state index in [-0.39, 0.29) is 22.1 Å². The van der Waals surface area contributed by atoms with Gasteiger partial charge in [-0.2, -0.15) is 18.6 Å². The first-order chi connectivity index (χ1) is 15.0. The van der Waals surface area contributed by atoms with Gasteiger partial charge in [-0.25, -0.2) is 18.2 Å². The topological polar surface area (TPSA) is 185 Å². The van der Waals surface area contributed by atoms with E-state index in [1.807, 2.05) is 0 Å². The Labute approximate surface area is 182 Å². The molecule has 3 aromatic rings. The van der Waals surface area contributed by atoms with Gasteiger partial charge < -0.3 is 9.29 Å². The molecule has 3 N–H and O–H groups in total. The molecule has 0 unspecified atom stereocenters. The molecule has 0 spiro atoms. The number of carbonyl (C=O) groups is 1. The highest BCUT2D eigenvalue weighted by molar-refractivity contribution is 7.92. The Morgan fingerprint density at radius 3 is 2.19 bits per heavy atom. The second kappa shape index (κ2) is 9.09. The monoisotopic (exact) mass is 478 g/mol. The molecule has 0 radical (unpaired) electrons. The predicted molar refractivity (Wildman–Crippen MR) is 111 cm³/mol. The zero-order chi connectivity index (χ0) is 23.4. The number of nitrogens with one attached hydrogen (secondary N) is 1. The molecule has 0 aliphatic carbocycles. The van der Waals surface area contributed by atoms with Crippen LogP contribution in [0.2, 0.25) is 0 Å². The van der Waals surface area contributed by atoms with Crippen LogP contribution in [0.25, 0.3) is 0 Å². The third-order valence-corrected chi connectivity index (χ3v) is 5.48. The van der Waals surface area contributed by atoms with Crippen molar-refractivity contribution in [1.29, 1.82) is 0 Å². The van der Waals surface area contributed by atoms with Gasteiger partial charge in [0.15, 0.2) is 5.75 Å². The number of sulfonamides is 1. The van der Waals surface area contributed by atoms with Gasteiger partial charge in [0, 0.05) is 6.20 Å². The predicted octanol–water partition coefficient (Wildman–Crippen LogP) is 3.18. The number of aromatic carboxylic acids is 1. The Balaban J connectivity index is 1.78. The summed E-state index contributed by atoms with van der Waals surface area (Å²) in [5.41, 5.74) is -0.267. The highest BCUT2D eigenvalue weighted by Gasteiger charge is 2.18. The minimum Gasteiger partial charge on any atom is -0.478 e. The Bertz CT molecular complexity index is 1370. The standard InChI is InChI=1S/C18H14N4O8S2/c23-18(24)15-11-13(6-9-16(15)30-32(27,28)29)21-20-12-4-7-14(8-5-12)31(25,26)22-17-3-1-2-10-19-17/h1-11H,(H,19,22)(H,23,24)(H,27,28,29). The van der Waals surface area contributed by atoms with Crippen molar-refractivity contribution in [2.75, 3.05) is 4.72 Å². The maximum Gasteiger partial charge on any atom is 0.446 e. The maximum atomic E-state index is 12.4. The van der Waals surface area contributed by atoms with E-state index in [9.17, 15) is 26.7 Å². The van der Waals surface area contributed by atoms with E-state index < -0.39 is 37.7 Å². The fraction of sp³-hybridized carbons (Fsp3) is 0. The van der Waals surface area contributed by atoms with Crippen molar-refractivity contribution < 1.29 is 35.5 Å². The number of azo groups is 1. The summed E-state index contributed by atoms with van der Waals surface area (Å²) in [4.78, 5) is 15.2. The van der Waals surface area contributed by atoms with E-state index in [0.717, 1.165) is 12.1 Å². The van der Waals surface area contributed by atoms with E-state index in [1.165, 1.54) is 42.6 Å². The number of aromatic nitrogens is 1. The first-order valence-electron chi connectivity index (χ1n) is 8.53. The van der Waals surface area contributed by atoms with Crippen molar-refractivity contribution in [1.82, 2.24) is 4.98 Å². The number of anilines is 1. The van der Waals surface area contributed by atoms with Gasteiger partial charge in [0.1, 0.15) is 11.4 Å². The Morgan fingerprint density at radius 1 is 0.938 bits per heavy atom. The minimum atomic E-state index is -4.91. The number of hydrogen-bond acceptors (Lipinski definition) is 9. The van der Waals surface area contributed by atoms with Gasteiger partial charge in [0.2, 0.25) is 0 Å². The number of carboxylic acid groups (broad SMARTS) is 1. The molecular weight excluding hydrogens is 464 g/mol.